The van der Waals surface area contributed by atoms with Gasteiger partial charge in [-0.3, -0.25) is 9.59 Å². The molecule has 6 nitrogen and oxygen atoms in total. The molecule has 0 aliphatic carbocycles. The van der Waals surface area contributed by atoms with Crippen LogP contribution in [0, 0.1) is 11.8 Å². The average molecular weight is 639 g/mol. The standard InChI is InChI=1S/C40H70N4O2/c1-13-19-25-43(33-27-37(9,15-3)41-39(11,17-5)29(33)7)35(45)31-21-23-32(24-22-31)36(46)44(26-20-14-2)34-28-38(10,16-4)42-40(12,18-6)30(34)8/h21-24,29-30,33-34,41-42H,13-20,25-28H2,1-12H3. The first-order chi connectivity index (χ1) is 21.6. The topological polar surface area (TPSA) is 64.7 Å². The first-order valence-corrected chi connectivity index (χ1v) is 18.9. The van der Waals surface area contributed by atoms with Gasteiger partial charge in [0.25, 0.3) is 11.8 Å². The highest BCUT2D eigenvalue weighted by atomic mass is 16.2. The lowest BCUT2D eigenvalue weighted by atomic mass is 9.68. The van der Waals surface area contributed by atoms with Crippen LogP contribution < -0.4 is 10.6 Å². The Morgan fingerprint density at radius 2 is 0.957 bits per heavy atom. The molecule has 0 bridgehead atoms. The number of benzene rings is 1. The Balaban J connectivity index is 1.94. The molecule has 2 heterocycles. The first-order valence-electron chi connectivity index (χ1n) is 18.9. The van der Waals surface area contributed by atoms with E-state index >= 15 is 0 Å². The summed E-state index contributed by atoms with van der Waals surface area (Å²) in [6, 6.07) is 7.96. The predicted octanol–water partition coefficient (Wildman–Crippen LogP) is 8.84. The molecule has 8 atom stereocenters. The molecular weight excluding hydrogens is 568 g/mol. The van der Waals surface area contributed by atoms with Crippen LogP contribution in [0.5, 0.6) is 0 Å². The van der Waals surface area contributed by atoms with E-state index in [-0.39, 0.29) is 46.1 Å². The molecule has 0 saturated carbocycles. The molecule has 2 aliphatic heterocycles. The minimum atomic E-state index is -0.0376. The van der Waals surface area contributed by atoms with Gasteiger partial charge in [0, 0.05) is 58.5 Å². The van der Waals surface area contributed by atoms with Crippen molar-refractivity contribution in [1.82, 2.24) is 20.4 Å². The Kier molecular flexibility index (Phi) is 13.0. The van der Waals surface area contributed by atoms with E-state index in [9.17, 15) is 9.59 Å². The highest BCUT2D eigenvalue weighted by Crippen LogP contribution is 2.42. The summed E-state index contributed by atoms with van der Waals surface area (Å²) in [5.41, 5.74) is 1.26. The number of amides is 2. The van der Waals surface area contributed by atoms with Gasteiger partial charge in [0.2, 0.25) is 0 Å². The normalized spacial score (nSPS) is 34.7. The second-order valence-electron chi connectivity index (χ2n) is 16.0. The quantitative estimate of drug-likeness (QED) is 0.214. The van der Waals surface area contributed by atoms with Crippen LogP contribution in [0.1, 0.15) is 168 Å². The Bertz CT molecular complexity index is 1070. The molecule has 2 N–H and O–H groups in total. The van der Waals surface area contributed by atoms with E-state index < -0.39 is 0 Å². The van der Waals surface area contributed by atoms with Gasteiger partial charge in [0.1, 0.15) is 0 Å². The minimum absolute atomic E-state index is 0.0155. The van der Waals surface area contributed by atoms with Crippen molar-refractivity contribution in [3.8, 4) is 0 Å². The number of hydrogen-bond acceptors (Lipinski definition) is 4. The molecule has 6 heteroatoms. The molecule has 1 aromatic rings. The molecule has 46 heavy (non-hydrogen) atoms. The number of unbranched alkanes of at least 4 members (excludes halogenated alkanes) is 2. The van der Waals surface area contributed by atoms with Crippen LogP contribution in [0.25, 0.3) is 0 Å². The van der Waals surface area contributed by atoms with Crippen molar-refractivity contribution in [1.29, 1.82) is 0 Å². The largest absolute Gasteiger partial charge is 0.335 e. The van der Waals surface area contributed by atoms with Crippen LogP contribution in [-0.2, 0) is 0 Å². The number of nitrogens with one attached hydrogen (secondary N) is 2. The van der Waals surface area contributed by atoms with E-state index in [1.807, 2.05) is 24.3 Å². The van der Waals surface area contributed by atoms with E-state index in [0.717, 1.165) is 77.3 Å². The Morgan fingerprint density at radius 1 is 0.630 bits per heavy atom. The van der Waals surface area contributed by atoms with Crippen molar-refractivity contribution in [2.75, 3.05) is 13.1 Å². The van der Waals surface area contributed by atoms with Gasteiger partial charge >= 0.3 is 0 Å². The lowest BCUT2D eigenvalue weighted by molar-refractivity contribution is 0.00111. The van der Waals surface area contributed by atoms with Crippen LogP contribution in [0.3, 0.4) is 0 Å². The van der Waals surface area contributed by atoms with Crippen LogP contribution in [0.4, 0.5) is 0 Å². The van der Waals surface area contributed by atoms with Gasteiger partial charge in [0.15, 0.2) is 0 Å². The zero-order valence-corrected chi connectivity index (χ0v) is 31.8. The zero-order valence-electron chi connectivity index (χ0n) is 31.8. The summed E-state index contributed by atoms with van der Waals surface area (Å²) in [5.74, 6) is 0.826. The van der Waals surface area contributed by atoms with Crippen molar-refractivity contribution >= 4 is 11.8 Å². The summed E-state index contributed by atoms with van der Waals surface area (Å²) < 4.78 is 0. The van der Waals surface area contributed by atoms with Crippen LogP contribution in [0.2, 0.25) is 0 Å². The molecule has 262 valence electrons. The van der Waals surface area contributed by atoms with Crippen molar-refractivity contribution < 1.29 is 9.59 Å². The van der Waals surface area contributed by atoms with E-state index in [4.69, 9.17) is 0 Å². The SMILES string of the molecule is CCCCN(C(=O)c1ccc(C(=O)N(CCCC)C2CC(C)(CC)NC(C)(CC)C2C)cc1)C1CC(C)(CC)NC(C)(CC)C1C. The smallest absolute Gasteiger partial charge is 0.254 e. The molecular formula is C40H70N4O2. The molecule has 0 aromatic heterocycles. The number of piperidine rings is 2. The number of nitrogens with zero attached hydrogens (tertiary/aromatic N) is 2. The van der Waals surface area contributed by atoms with Gasteiger partial charge in [-0.2, -0.15) is 0 Å². The third kappa shape index (κ3) is 8.02. The maximum Gasteiger partial charge on any atom is 0.254 e. The van der Waals surface area contributed by atoms with Gasteiger partial charge in [-0.25, -0.2) is 0 Å². The fourth-order valence-corrected chi connectivity index (χ4v) is 8.46. The number of rotatable bonds is 14. The Morgan fingerprint density at radius 3 is 1.22 bits per heavy atom. The Labute approximate surface area is 283 Å². The molecule has 0 radical (unpaired) electrons. The summed E-state index contributed by atoms with van der Waals surface area (Å²) in [6.07, 6.45) is 10.0. The molecule has 1 aromatic carbocycles. The fourth-order valence-electron chi connectivity index (χ4n) is 8.46. The number of hydrogen-bond donors (Lipinski definition) is 2. The maximum atomic E-state index is 14.4. The van der Waals surface area contributed by atoms with Crippen molar-refractivity contribution in [2.45, 2.75) is 182 Å². The molecule has 2 fully saturated rings. The zero-order chi connectivity index (χ0) is 34.5. The van der Waals surface area contributed by atoms with Gasteiger partial charge in [-0.15, -0.1) is 0 Å². The fraction of sp³-hybridized carbons (Fsp3) is 0.800. The Hall–Kier alpha value is -1.92. The molecule has 2 saturated heterocycles. The summed E-state index contributed by atoms with van der Waals surface area (Å²) in [6.45, 7) is 28.9. The van der Waals surface area contributed by atoms with Gasteiger partial charge in [-0.05, 0) is 115 Å². The number of carbonyl (C=O) groups excluding carboxylic acids is 2. The first kappa shape index (κ1) is 38.5. The van der Waals surface area contributed by atoms with E-state index in [2.05, 4.69) is 104 Å². The van der Waals surface area contributed by atoms with Crippen molar-refractivity contribution in [3.05, 3.63) is 35.4 Å². The predicted molar refractivity (Wildman–Crippen MR) is 195 cm³/mol. The molecule has 8 unspecified atom stereocenters. The van der Waals surface area contributed by atoms with E-state index in [0.29, 0.717) is 23.0 Å². The molecule has 2 amide bonds. The summed E-state index contributed by atoms with van der Waals surface area (Å²) in [5, 5.41) is 7.97. The lowest BCUT2D eigenvalue weighted by Gasteiger charge is -2.56. The minimum Gasteiger partial charge on any atom is -0.335 e. The van der Waals surface area contributed by atoms with Crippen LogP contribution in [-0.4, -0.2) is 68.9 Å². The molecule has 0 spiro atoms. The summed E-state index contributed by atoms with van der Waals surface area (Å²) in [4.78, 5) is 33.1. The van der Waals surface area contributed by atoms with Crippen LogP contribution in [0.15, 0.2) is 24.3 Å². The van der Waals surface area contributed by atoms with Crippen LogP contribution >= 0.6 is 0 Å². The van der Waals surface area contributed by atoms with Gasteiger partial charge in [0.05, 0.1) is 0 Å². The summed E-state index contributed by atoms with van der Waals surface area (Å²) in [7, 11) is 0. The maximum absolute atomic E-state index is 14.4. The summed E-state index contributed by atoms with van der Waals surface area (Å²) >= 11 is 0. The molecule has 3 rings (SSSR count). The van der Waals surface area contributed by atoms with E-state index in [1.165, 1.54) is 0 Å². The van der Waals surface area contributed by atoms with Gasteiger partial charge < -0.3 is 20.4 Å². The number of carbonyl (C=O) groups is 2. The monoisotopic (exact) mass is 639 g/mol. The average Bonchev–Trinajstić information content (AvgIpc) is 3.05. The third-order valence-electron chi connectivity index (χ3n) is 12.9. The second kappa shape index (κ2) is 15.5. The lowest BCUT2D eigenvalue weighted by Crippen LogP contribution is -2.69. The van der Waals surface area contributed by atoms with Gasteiger partial charge in [-0.1, -0.05) is 68.2 Å². The second-order valence-corrected chi connectivity index (χ2v) is 16.0. The van der Waals surface area contributed by atoms with Crippen molar-refractivity contribution in [2.24, 2.45) is 11.8 Å². The highest BCUT2D eigenvalue weighted by Gasteiger charge is 2.50. The van der Waals surface area contributed by atoms with Crippen molar-refractivity contribution in [3.63, 3.8) is 0 Å². The molecule has 2 aliphatic rings. The third-order valence-corrected chi connectivity index (χ3v) is 12.9. The van der Waals surface area contributed by atoms with E-state index in [1.54, 1.807) is 0 Å². The highest BCUT2D eigenvalue weighted by molar-refractivity contribution is 5.98.